The summed E-state index contributed by atoms with van der Waals surface area (Å²) in [7, 11) is -3.98. The van der Waals surface area contributed by atoms with E-state index in [1.54, 1.807) is 6.07 Å². The lowest BCUT2D eigenvalue weighted by Crippen LogP contribution is -2.15. The molecule has 0 saturated carbocycles. The largest absolute Gasteiger partial charge is 0.497 e. The number of methoxy groups -OCH3 is 3. The Morgan fingerprint density at radius 3 is 1.88 bits per heavy atom. The molecule has 12 heteroatoms. The lowest BCUT2D eigenvalue weighted by molar-refractivity contribution is 0.385. The first-order valence-electron chi connectivity index (χ1n) is 9.31. The van der Waals surface area contributed by atoms with Gasteiger partial charge in [-0.2, -0.15) is 0 Å². The summed E-state index contributed by atoms with van der Waals surface area (Å²) >= 11 is 0. The van der Waals surface area contributed by atoms with E-state index in [1.165, 1.54) is 57.7 Å². The number of halogens is 1. The average molecular weight is 497 g/mol. The monoisotopic (exact) mass is 496 g/mol. The van der Waals surface area contributed by atoms with E-state index >= 15 is 0 Å². The molecule has 0 heterocycles. The standard InChI is InChI=1S/C21H21FN2O7S2/c1-29-15-6-11-19(21(12-15)31-3)24-32(25,26)16-7-4-14(5-8-16)23-33(27,28)17-9-10-18(22)20(13-17)30-2/h4-13,23-24H,1-3H3. The molecule has 0 unspecified atom stereocenters. The molecule has 0 fully saturated rings. The van der Waals surface area contributed by atoms with Crippen molar-refractivity contribution in [2.24, 2.45) is 0 Å². The summed E-state index contributed by atoms with van der Waals surface area (Å²) in [5.41, 5.74) is 0.313. The Morgan fingerprint density at radius 1 is 0.667 bits per heavy atom. The van der Waals surface area contributed by atoms with Crippen LogP contribution >= 0.6 is 0 Å². The number of benzene rings is 3. The molecular formula is C21H21FN2O7S2. The Morgan fingerprint density at radius 2 is 1.27 bits per heavy atom. The summed E-state index contributed by atoms with van der Waals surface area (Å²) in [6.45, 7) is 0. The predicted octanol–water partition coefficient (Wildman–Crippen LogP) is 3.45. The van der Waals surface area contributed by atoms with Crippen LogP contribution in [0.25, 0.3) is 0 Å². The van der Waals surface area contributed by atoms with Crippen molar-refractivity contribution in [2.75, 3.05) is 30.8 Å². The van der Waals surface area contributed by atoms with E-state index in [2.05, 4.69) is 9.44 Å². The highest BCUT2D eigenvalue weighted by Crippen LogP contribution is 2.31. The quantitative estimate of drug-likeness (QED) is 0.466. The molecule has 0 saturated heterocycles. The van der Waals surface area contributed by atoms with E-state index in [0.29, 0.717) is 5.75 Å². The van der Waals surface area contributed by atoms with Gasteiger partial charge in [0, 0.05) is 17.8 Å². The van der Waals surface area contributed by atoms with Crippen molar-refractivity contribution in [1.29, 1.82) is 0 Å². The van der Waals surface area contributed by atoms with Crippen molar-refractivity contribution in [3.8, 4) is 17.2 Å². The maximum Gasteiger partial charge on any atom is 0.262 e. The van der Waals surface area contributed by atoms with Crippen molar-refractivity contribution in [3.05, 3.63) is 66.5 Å². The topological polar surface area (TPSA) is 120 Å². The van der Waals surface area contributed by atoms with E-state index in [1.807, 2.05) is 0 Å². The van der Waals surface area contributed by atoms with Gasteiger partial charge in [0.05, 0.1) is 36.8 Å². The molecule has 0 aliphatic rings. The van der Waals surface area contributed by atoms with Crippen LogP contribution in [0.5, 0.6) is 17.2 Å². The van der Waals surface area contributed by atoms with Crippen molar-refractivity contribution >= 4 is 31.4 Å². The molecule has 3 aromatic carbocycles. The molecule has 0 amide bonds. The van der Waals surface area contributed by atoms with Crippen LogP contribution in [0, 0.1) is 5.82 Å². The van der Waals surface area contributed by atoms with Crippen LogP contribution < -0.4 is 23.7 Å². The number of rotatable bonds is 9. The zero-order valence-electron chi connectivity index (χ0n) is 17.8. The average Bonchev–Trinajstić information content (AvgIpc) is 2.79. The van der Waals surface area contributed by atoms with Crippen molar-refractivity contribution in [1.82, 2.24) is 0 Å². The third-order valence-electron chi connectivity index (χ3n) is 4.50. The highest BCUT2D eigenvalue weighted by atomic mass is 32.2. The van der Waals surface area contributed by atoms with Crippen LogP contribution in [0.15, 0.2) is 70.5 Å². The molecule has 0 aromatic heterocycles. The maximum absolute atomic E-state index is 13.6. The predicted molar refractivity (Wildman–Crippen MR) is 121 cm³/mol. The van der Waals surface area contributed by atoms with Crippen LogP contribution in [0.1, 0.15) is 0 Å². The zero-order valence-corrected chi connectivity index (χ0v) is 19.5. The Bertz CT molecular complexity index is 1360. The van der Waals surface area contributed by atoms with Gasteiger partial charge in [-0.1, -0.05) is 0 Å². The first-order valence-corrected chi connectivity index (χ1v) is 12.3. The van der Waals surface area contributed by atoms with Crippen LogP contribution in [0.3, 0.4) is 0 Å². The van der Waals surface area contributed by atoms with E-state index in [9.17, 15) is 21.2 Å². The molecular weight excluding hydrogens is 475 g/mol. The number of sulfonamides is 2. The van der Waals surface area contributed by atoms with Gasteiger partial charge in [0.1, 0.15) is 11.5 Å². The minimum atomic E-state index is -4.07. The molecule has 0 spiro atoms. The molecule has 0 radical (unpaired) electrons. The molecule has 2 N–H and O–H groups in total. The third kappa shape index (κ3) is 5.46. The normalized spacial score (nSPS) is 11.5. The minimum absolute atomic E-state index is 0.105. The van der Waals surface area contributed by atoms with Crippen molar-refractivity contribution < 1.29 is 35.4 Å². The molecule has 176 valence electrons. The number of ether oxygens (including phenoxy) is 3. The SMILES string of the molecule is COc1ccc(NS(=O)(=O)c2ccc(NS(=O)(=O)c3ccc(F)c(OC)c3)cc2)c(OC)c1. The summed E-state index contributed by atoms with van der Waals surface area (Å²) in [6, 6.07) is 12.8. The van der Waals surface area contributed by atoms with Gasteiger partial charge in [-0.15, -0.1) is 0 Å². The number of anilines is 2. The second kappa shape index (κ2) is 9.55. The van der Waals surface area contributed by atoms with Gasteiger partial charge in [0.25, 0.3) is 20.0 Å². The lowest BCUT2D eigenvalue weighted by atomic mass is 10.3. The fraction of sp³-hybridized carbons (Fsp3) is 0.143. The highest BCUT2D eigenvalue weighted by Gasteiger charge is 2.20. The van der Waals surface area contributed by atoms with E-state index < -0.39 is 25.9 Å². The van der Waals surface area contributed by atoms with Crippen LogP contribution in [-0.4, -0.2) is 38.2 Å². The van der Waals surface area contributed by atoms with Gasteiger partial charge in [-0.25, -0.2) is 21.2 Å². The molecule has 0 atom stereocenters. The summed E-state index contributed by atoms with van der Waals surface area (Å²) in [4.78, 5) is -0.322. The van der Waals surface area contributed by atoms with E-state index in [4.69, 9.17) is 14.2 Å². The van der Waals surface area contributed by atoms with Crippen molar-refractivity contribution in [3.63, 3.8) is 0 Å². The first kappa shape index (κ1) is 24.1. The number of hydrogen-bond acceptors (Lipinski definition) is 7. The lowest BCUT2D eigenvalue weighted by Gasteiger charge is -2.14. The van der Waals surface area contributed by atoms with Gasteiger partial charge >= 0.3 is 0 Å². The van der Waals surface area contributed by atoms with E-state index in [0.717, 1.165) is 18.2 Å². The Balaban J connectivity index is 1.81. The summed E-state index contributed by atoms with van der Waals surface area (Å²) in [6.07, 6.45) is 0. The Hall–Kier alpha value is -3.51. The highest BCUT2D eigenvalue weighted by molar-refractivity contribution is 7.93. The molecule has 0 aliphatic carbocycles. The number of hydrogen-bond donors (Lipinski definition) is 2. The minimum Gasteiger partial charge on any atom is -0.497 e. The summed E-state index contributed by atoms with van der Waals surface area (Å²) < 4.78 is 84.1. The molecule has 3 aromatic rings. The van der Waals surface area contributed by atoms with Crippen molar-refractivity contribution in [2.45, 2.75) is 9.79 Å². The second-order valence-electron chi connectivity index (χ2n) is 6.60. The van der Waals surface area contributed by atoms with Crippen LogP contribution in [-0.2, 0) is 20.0 Å². The maximum atomic E-state index is 13.6. The zero-order chi connectivity index (χ0) is 24.2. The van der Waals surface area contributed by atoms with Gasteiger partial charge < -0.3 is 14.2 Å². The van der Waals surface area contributed by atoms with Crippen LogP contribution in [0.4, 0.5) is 15.8 Å². The fourth-order valence-electron chi connectivity index (χ4n) is 2.81. The van der Waals surface area contributed by atoms with Gasteiger partial charge in [-0.05, 0) is 48.5 Å². The number of nitrogens with one attached hydrogen (secondary N) is 2. The Labute approximate surface area is 191 Å². The second-order valence-corrected chi connectivity index (χ2v) is 9.96. The molecule has 0 aliphatic heterocycles. The van der Waals surface area contributed by atoms with Gasteiger partial charge in [0.2, 0.25) is 0 Å². The summed E-state index contributed by atoms with van der Waals surface area (Å²) in [5.74, 6) is -0.173. The fourth-order valence-corrected chi connectivity index (χ4v) is 4.95. The van der Waals surface area contributed by atoms with Gasteiger partial charge in [0.15, 0.2) is 11.6 Å². The third-order valence-corrected chi connectivity index (χ3v) is 7.26. The molecule has 0 bridgehead atoms. The van der Waals surface area contributed by atoms with Crippen LogP contribution in [0.2, 0.25) is 0 Å². The molecule has 33 heavy (non-hydrogen) atoms. The van der Waals surface area contributed by atoms with E-state index in [-0.39, 0.29) is 32.7 Å². The molecule has 3 rings (SSSR count). The summed E-state index contributed by atoms with van der Waals surface area (Å²) in [5, 5.41) is 0. The van der Waals surface area contributed by atoms with Gasteiger partial charge in [-0.3, -0.25) is 9.44 Å². The molecule has 9 nitrogen and oxygen atoms in total. The first-order chi connectivity index (χ1) is 15.6. The smallest absolute Gasteiger partial charge is 0.262 e. The Kier molecular flexibility index (Phi) is 6.98.